The predicted molar refractivity (Wildman–Crippen MR) is 89.6 cm³/mol. The van der Waals surface area contributed by atoms with Crippen LogP contribution in [0, 0.1) is 13.8 Å². The molecule has 116 valence electrons. The van der Waals surface area contributed by atoms with E-state index >= 15 is 0 Å². The zero-order valence-corrected chi connectivity index (χ0v) is 13.4. The number of aryl methyl sites for hydroxylation is 2. The summed E-state index contributed by atoms with van der Waals surface area (Å²) < 4.78 is 3.51. The number of hydrogen-bond donors (Lipinski definition) is 0. The van der Waals surface area contributed by atoms with Crippen LogP contribution < -0.4 is 0 Å². The Morgan fingerprint density at radius 3 is 2.48 bits per heavy atom. The minimum absolute atomic E-state index is 0.114. The minimum atomic E-state index is -0.114. The number of rotatable bonds is 4. The molecule has 0 unspecified atom stereocenters. The zero-order valence-electron chi connectivity index (χ0n) is 13.4. The lowest BCUT2D eigenvalue weighted by Gasteiger charge is -2.03. The highest BCUT2D eigenvalue weighted by Crippen LogP contribution is 2.19. The third kappa shape index (κ3) is 2.99. The Kier molecular flexibility index (Phi) is 3.93. The molecule has 0 amide bonds. The van der Waals surface area contributed by atoms with E-state index in [-0.39, 0.29) is 5.78 Å². The molecule has 23 heavy (non-hydrogen) atoms. The molecule has 2 heterocycles. The largest absolute Gasteiger partial charge is 0.287 e. The van der Waals surface area contributed by atoms with E-state index in [0.29, 0.717) is 5.69 Å². The number of carbonyl (C=O) groups is 1. The number of benzene rings is 1. The van der Waals surface area contributed by atoms with Crippen LogP contribution in [0.1, 0.15) is 27.4 Å². The Bertz CT molecular complexity index is 872. The van der Waals surface area contributed by atoms with E-state index in [9.17, 15) is 4.79 Å². The summed E-state index contributed by atoms with van der Waals surface area (Å²) in [7, 11) is 1.79. The number of nitrogens with zero attached hydrogens (tertiary/aromatic N) is 4. The third-order valence-corrected chi connectivity index (χ3v) is 3.72. The quantitative estimate of drug-likeness (QED) is 0.550. The Hall–Kier alpha value is -2.95. The molecule has 0 aliphatic heterocycles. The molecule has 3 aromatic rings. The van der Waals surface area contributed by atoms with Gasteiger partial charge < -0.3 is 0 Å². The highest BCUT2D eigenvalue weighted by Gasteiger charge is 2.11. The molecule has 0 radical (unpaired) electrons. The monoisotopic (exact) mass is 306 g/mol. The van der Waals surface area contributed by atoms with Crippen LogP contribution in [0.25, 0.3) is 11.8 Å². The van der Waals surface area contributed by atoms with Crippen LogP contribution in [0.2, 0.25) is 0 Å². The first-order chi connectivity index (χ1) is 11.1. The van der Waals surface area contributed by atoms with Gasteiger partial charge in [-0.1, -0.05) is 18.2 Å². The summed E-state index contributed by atoms with van der Waals surface area (Å²) in [6, 6.07) is 11.6. The lowest BCUT2D eigenvalue weighted by atomic mass is 10.1. The van der Waals surface area contributed by atoms with Crippen molar-refractivity contribution in [2.45, 2.75) is 13.8 Å². The van der Waals surface area contributed by atoms with Crippen molar-refractivity contribution >= 4 is 11.9 Å². The van der Waals surface area contributed by atoms with Gasteiger partial charge in [0.05, 0.1) is 11.4 Å². The predicted octanol–water partition coefficient (Wildman–Crippen LogP) is 3.12. The summed E-state index contributed by atoms with van der Waals surface area (Å²) in [5.74, 6) is -0.114. The fourth-order valence-electron chi connectivity index (χ4n) is 2.51. The number of allylic oxidation sites excluding steroid dienone is 1. The molecule has 2 aromatic heterocycles. The maximum Gasteiger partial charge on any atom is 0.206 e. The van der Waals surface area contributed by atoms with Gasteiger partial charge in [0.2, 0.25) is 5.78 Å². The molecule has 0 atom stereocenters. The van der Waals surface area contributed by atoms with Crippen LogP contribution in [0.5, 0.6) is 0 Å². The Labute approximate surface area is 134 Å². The average Bonchev–Trinajstić information content (AvgIpc) is 3.10. The molecule has 0 N–H and O–H groups in total. The van der Waals surface area contributed by atoms with Gasteiger partial charge in [-0.25, -0.2) is 4.68 Å². The van der Waals surface area contributed by atoms with Crippen LogP contribution in [0.3, 0.4) is 0 Å². The van der Waals surface area contributed by atoms with E-state index in [4.69, 9.17) is 0 Å². The van der Waals surface area contributed by atoms with Crippen molar-refractivity contribution in [3.05, 3.63) is 71.3 Å². The van der Waals surface area contributed by atoms with Crippen molar-refractivity contribution in [3.63, 3.8) is 0 Å². The number of carbonyl (C=O) groups excluding carboxylic acids is 1. The van der Waals surface area contributed by atoms with Crippen molar-refractivity contribution in [1.29, 1.82) is 0 Å². The first-order valence-corrected chi connectivity index (χ1v) is 7.40. The first kappa shape index (κ1) is 15.0. The Morgan fingerprint density at radius 2 is 1.83 bits per heavy atom. The molecule has 5 heteroatoms. The molecule has 1 aromatic carbocycles. The van der Waals surface area contributed by atoms with Gasteiger partial charge in [0.1, 0.15) is 5.69 Å². The topological polar surface area (TPSA) is 52.7 Å². The van der Waals surface area contributed by atoms with Gasteiger partial charge in [-0.15, -0.1) is 0 Å². The van der Waals surface area contributed by atoms with Crippen molar-refractivity contribution < 1.29 is 4.79 Å². The fraction of sp³-hybridized carbons (Fsp3) is 0.167. The molecule has 5 nitrogen and oxygen atoms in total. The summed E-state index contributed by atoms with van der Waals surface area (Å²) in [6.45, 7) is 3.94. The average molecular weight is 306 g/mol. The van der Waals surface area contributed by atoms with Crippen molar-refractivity contribution in [3.8, 4) is 5.69 Å². The van der Waals surface area contributed by atoms with Crippen molar-refractivity contribution in [2.24, 2.45) is 7.05 Å². The summed E-state index contributed by atoms with van der Waals surface area (Å²) in [6.07, 6.45) is 5.12. The summed E-state index contributed by atoms with van der Waals surface area (Å²) in [4.78, 5) is 12.1. The molecular weight excluding hydrogens is 288 g/mol. The van der Waals surface area contributed by atoms with Crippen molar-refractivity contribution in [2.75, 3.05) is 0 Å². The van der Waals surface area contributed by atoms with Gasteiger partial charge in [-0.05, 0) is 44.2 Å². The summed E-state index contributed by atoms with van der Waals surface area (Å²) in [5.41, 5.74) is 4.28. The molecule has 0 bridgehead atoms. The van der Waals surface area contributed by atoms with Gasteiger partial charge in [0.25, 0.3) is 0 Å². The van der Waals surface area contributed by atoms with E-state index in [1.807, 2.05) is 54.9 Å². The molecule has 0 saturated heterocycles. The Morgan fingerprint density at radius 1 is 1.09 bits per heavy atom. The van der Waals surface area contributed by atoms with E-state index in [1.165, 1.54) is 0 Å². The summed E-state index contributed by atoms with van der Waals surface area (Å²) >= 11 is 0. The highest BCUT2D eigenvalue weighted by atomic mass is 16.1. The molecular formula is C18H18N4O. The van der Waals surface area contributed by atoms with Crippen LogP contribution in [0.15, 0.2) is 48.7 Å². The molecule has 0 spiro atoms. The smallest absolute Gasteiger partial charge is 0.206 e. The van der Waals surface area contributed by atoms with Crippen molar-refractivity contribution in [1.82, 2.24) is 19.6 Å². The van der Waals surface area contributed by atoms with Gasteiger partial charge in [0.15, 0.2) is 0 Å². The maximum atomic E-state index is 12.1. The van der Waals surface area contributed by atoms with Crippen LogP contribution in [-0.4, -0.2) is 25.3 Å². The van der Waals surface area contributed by atoms with Gasteiger partial charge >= 0.3 is 0 Å². The van der Waals surface area contributed by atoms with Gasteiger partial charge in [-0.2, -0.15) is 10.2 Å². The minimum Gasteiger partial charge on any atom is -0.287 e. The Balaban J connectivity index is 1.90. The lowest BCUT2D eigenvalue weighted by Crippen LogP contribution is -1.99. The normalized spacial score (nSPS) is 11.3. The number of hydrogen-bond acceptors (Lipinski definition) is 3. The van der Waals surface area contributed by atoms with Crippen LogP contribution in [0.4, 0.5) is 0 Å². The lowest BCUT2D eigenvalue weighted by molar-refractivity contribution is 0.104. The maximum absolute atomic E-state index is 12.1. The van der Waals surface area contributed by atoms with E-state index in [1.54, 1.807) is 30.1 Å². The molecule has 0 saturated carbocycles. The van der Waals surface area contributed by atoms with E-state index < -0.39 is 0 Å². The molecule has 0 fully saturated rings. The number of para-hydroxylation sites is 1. The molecule has 0 aliphatic rings. The number of aromatic nitrogens is 4. The fourth-order valence-corrected chi connectivity index (χ4v) is 2.51. The SMILES string of the molecule is Cc1nn(-c2ccccc2)c(C)c1/C=C/C(=O)c1ccn(C)n1. The highest BCUT2D eigenvalue weighted by molar-refractivity contribution is 6.05. The first-order valence-electron chi connectivity index (χ1n) is 7.40. The van der Waals surface area contributed by atoms with E-state index in [2.05, 4.69) is 10.2 Å². The van der Waals surface area contributed by atoms with Gasteiger partial charge in [0, 0.05) is 24.5 Å². The number of ketones is 1. The second-order valence-electron chi connectivity index (χ2n) is 5.40. The summed E-state index contributed by atoms with van der Waals surface area (Å²) in [5, 5.41) is 8.69. The third-order valence-electron chi connectivity index (χ3n) is 3.72. The van der Waals surface area contributed by atoms with Crippen LogP contribution in [-0.2, 0) is 7.05 Å². The molecule has 0 aliphatic carbocycles. The van der Waals surface area contributed by atoms with Crippen LogP contribution >= 0.6 is 0 Å². The van der Waals surface area contributed by atoms with Gasteiger partial charge in [-0.3, -0.25) is 9.48 Å². The second-order valence-corrected chi connectivity index (χ2v) is 5.40. The van der Waals surface area contributed by atoms with E-state index in [0.717, 1.165) is 22.6 Å². The standard InChI is InChI=1S/C18H18N4O/c1-13-16(9-10-18(23)17-11-12-21(3)20-17)14(2)22(19-13)15-7-5-4-6-8-15/h4-12H,1-3H3/b10-9+. The zero-order chi connectivity index (χ0) is 16.4. The second kappa shape index (κ2) is 6.04. The molecule has 3 rings (SSSR count).